The molecule has 3 aromatic carbocycles. The van der Waals surface area contributed by atoms with Crippen molar-refractivity contribution in [3.8, 4) is 0 Å². The van der Waals surface area contributed by atoms with Gasteiger partial charge in [-0.1, -0.05) is 54.1 Å². The number of nitrogens with zero attached hydrogens (tertiary/aromatic N) is 1. The minimum Gasteiger partial charge on any atom is -0.337 e. The molecule has 6 heteroatoms. The number of hydrogen-bond acceptors (Lipinski definition) is 3. The van der Waals surface area contributed by atoms with Crippen LogP contribution in [-0.4, -0.2) is 18.9 Å². The predicted molar refractivity (Wildman–Crippen MR) is 123 cm³/mol. The maximum atomic E-state index is 13.3. The van der Waals surface area contributed by atoms with Crippen molar-refractivity contribution in [2.45, 2.75) is 37.1 Å². The number of fused-ring (bicyclic) bond motifs is 1. The molecule has 31 heavy (non-hydrogen) atoms. The number of para-hydroxylation sites is 2. The molecule has 1 heterocycles. The summed E-state index contributed by atoms with van der Waals surface area (Å²) in [6.07, 6.45) is 1.56. The van der Waals surface area contributed by atoms with E-state index in [2.05, 4.69) is 5.32 Å². The van der Waals surface area contributed by atoms with Crippen LogP contribution in [0.2, 0.25) is 0 Å². The zero-order chi connectivity index (χ0) is 22.2. The molecule has 0 bridgehead atoms. The summed E-state index contributed by atoms with van der Waals surface area (Å²) in [6.45, 7) is 5.81. The summed E-state index contributed by atoms with van der Waals surface area (Å²) >= 11 is 0. The van der Waals surface area contributed by atoms with Gasteiger partial charge in [0.15, 0.2) is 0 Å². The quantitative estimate of drug-likeness (QED) is 0.480. The molecule has 0 unspecified atom stereocenters. The fraction of sp³-hybridized carbons (Fsp3) is 0.160. The van der Waals surface area contributed by atoms with Crippen molar-refractivity contribution in [3.63, 3.8) is 0 Å². The second kappa shape index (κ2) is 8.04. The van der Waals surface area contributed by atoms with Crippen LogP contribution in [0.3, 0.4) is 0 Å². The number of aromatic nitrogens is 1. The second-order valence-electron chi connectivity index (χ2n) is 7.77. The number of anilines is 1. The van der Waals surface area contributed by atoms with Crippen LogP contribution in [0.5, 0.6) is 0 Å². The van der Waals surface area contributed by atoms with Crippen molar-refractivity contribution < 1.29 is 13.2 Å². The Hall–Kier alpha value is -3.38. The minimum absolute atomic E-state index is 0.0116. The lowest BCUT2D eigenvalue weighted by Crippen LogP contribution is -2.19. The third-order valence-electron chi connectivity index (χ3n) is 5.43. The van der Waals surface area contributed by atoms with E-state index >= 15 is 0 Å². The summed E-state index contributed by atoms with van der Waals surface area (Å²) in [7, 11) is -3.72. The topological polar surface area (TPSA) is 68.2 Å². The Bertz CT molecular complexity index is 1360. The predicted octanol–water partition coefficient (Wildman–Crippen LogP) is 5.04. The molecule has 1 amide bonds. The van der Waals surface area contributed by atoms with Gasteiger partial charge in [0.25, 0.3) is 0 Å². The van der Waals surface area contributed by atoms with Crippen LogP contribution in [0, 0.1) is 20.8 Å². The molecule has 0 fully saturated rings. The molecule has 0 aliphatic heterocycles. The fourth-order valence-corrected chi connectivity index (χ4v) is 5.22. The zero-order valence-electron chi connectivity index (χ0n) is 17.7. The Balaban J connectivity index is 1.72. The molecule has 0 aliphatic rings. The summed E-state index contributed by atoms with van der Waals surface area (Å²) in [4.78, 5) is 13.3. The van der Waals surface area contributed by atoms with Gasteiger partial charge in [0.1, 0.15) is 6.54 Å². The molecule has 0 aliphatic carbocycles. The number of carbonyl (C=O) groups excluding carboxylic acids is 1. The maximum Gasteiger partial charge on any atom is 0.244 e. The number of nitrogens with one attached hydrogen (secondary N) is 1. The lowest BCUT2D eigenvalue weighted by atomic mass is 10.1. The standard InChI is InChI=1S/C25H24N2O3S/c1-17-11-13-20(14-12-17)31(29,30)23-15-27(22-10-5-4-9-21(22)23)16-24(28)26-25-18(2)7-6-8-19(25)3/h4-15H,16H2,1-3H3,(H,26,28). The van der Waals surface area contributed by atoms with E-state index in [1.165, 1.54) is 0 Å². The summed E-state index contributed by atoms with van der Waals surface area (Å²) < 4.78 is 28.3. The summed E-state index contributed by atoms with van der Waals surface area (Å²) in [5.74, 6) is -0.211. The molecule has 1 N–H and O–H groups in total. The van der Waals surface area contributed by atoms with Gasteiger partial charge < -0.3 is 9.88 Å². The minimum atomic E-state index is -3.72. The van der Waals surface area contributed by atoms with Crippen molar-refractivity contribution in [1.82, 2.24) is 4.57 Å². The SMILES string of the molecule is Cc1ccc(S(=O)(=O)c2cn(CC(=O)Nc3c(C)cccc3C)c3ccccc23)cc1. The van der Waals surface area contributed by atoms with E-state index in [1.54, 1.807) is 47.2 Å². The van der Waals surface area contributed by atoms with Crippen LogP contribution < -0.4 is 5.32 Å². The molecule has 0 radical (unpaired) electrons. The van der Waals surface area contributed by atoms with Crippen molar-refractivity contribution >= 4 is 32.3 Å². The van der Waals surface area contributed by atoms with Gasteiger partial charge in [-0.05, 0) is 50.1 Å². The van der Waals surface area contributed by atoms with E-state index in [1.807, 2.05) is 51.1 Å². The molecule has 158 valence electrons. The Morgan fingerprint density at radius 3 is 2.19 bits per heavy atom. The first kappa shape index (κ1) is 20.9. The molecular formula is C25H24N2O3S. The Labute approximate surface area is 182 Å². The van der Waals surface area contributed by atoms with Crippen molar-refractivity contribution in [2.75, 3.05) is 5.32 Å². The molecular weight excluding hydrogens is 408 g/mol. The van der Waals surface area contributed by atoms with E-state index in [9.17, 15) is 13.2 Å². The van der Waals surface area contributed by atoms with Crippen molar-refractivity contribution in [3.05, 3.63) is 89.6 Å². The van der Waals surface area contributed by atoms with E-state index in [4.69, 9.17) is 0 Å². The van der Waals surface area contributed by atoms with Gasteiger partial charge in [0, 0.05) is 22.8 Å². The highest BCUT2D eigenvalue weighted by Gasteiger charge is 2.24. The zero-order valence-corrected chi connectivity index (χ0v) is 18.5. The molecule has 4 aromatic rings. The van der Waals surface area contributed by atoms with Crippen LogP contribution in [0.25, 0.3) is 10.9 Å². The molecule has 4 rings (SSSR count). The lowest BCUT2D eigenvalue weighted by Gasteiger charge is -2.12. The van der Waals surface area contributed by atoms with Crippen molar-refractivity contribution in [1.29, 1.82) is 0 Å². The highest BCUT2D eigenvalue weighted by atomic mass is 32.2. The highest BCUT2D eigenvalue weighted by molar-refractivity contribution is 7.91. The first-order valence-corrected chi connectivity index (χ1v) is 11.5. The van der Waals surface area contributed by atoms with Gasteiger partial charge in [0.2, 0.25) is 15.7 Å². The number of amides is 1. The lowest BCUT2D eigenvalue weighted by molar-refractivity contribution is -0.116. The molecule has 0 spiro atoms. The Morgan fingerprint density at radius 1 is 0.871 bits per heavy atom. The highest BCUT2D eigenvalue weighted by Crippen LogP contribution is 2.30. The third kappa shape index (κ3) is 3.99. The monoisotopic (exact) mass is 432 g/mol. The molecule has 0 atom stereocenters. The van der Waals surface area contributed by atoms with Crippen LogP contribution in [-0.2, 0) is 21.2 Å². The van der Waals surface area contributed by atoms with E-state index in [0.29, 0.717) is 10.9 Å². The second-order valence-corrected chi connectivity index (χ2v) is 9.69. The van der Waals surface area contributed by atoms with E-state index < -0.39 is 9.84 Å². The van der Waals surface area contributed by atoms with Gasteiger partial charge in [0.05, 0.1) is 9.79 Å². The van der Waals surface area contributed by atoms with E-state index in [-0.39, 0.29) is 22.2 Å². The van der Waals surface area contributed by atoms with Gasteiger partial charge >= 0.3 is 0 Å². The molecule has 0 saturated heterocycles. The van der Waals surface area contributed by atoms with Gasteiger partial charge in [-0.15, -0.1) is 0 Å². The summed E-state index contributed by atoms with van der Waals surface area (Å²) in [5.41, 5.74) is 4.44. The van der Waals surface area contributed by atoms with Crippen LogP contribution in [0.1, 0.15) is 16.7 Å². The number of carbonyl (C=O) groups is 1. The van der Waals surface area contributed by atoms with Gasteiger partial charge in [-0.3, -0.25) is 4.79 Å². The Morgan fingerprint density at radius 2 is 1.52 bits per heavy atom. The molecule has 0 saturated carbocycles. The smallest absolute Gasteiger partial charge is 0.244 e. The fourth-order valence-electron chi connectivity index (χ4n) is 3.75. The van der Waals surface area contributed by atoms with Crippen molar-refractivity contribution in [2.24, 2.45) is 0 Å². The summed E-state index contributed by atoms with van der Waals surface area (Å²) in [6, 6.07) is 19.9. The first-order chi connectivity index (χ1) is 14.8. The van der Waals surface area contributed by atoms with Gasteiger partial charge in [-0.2, -0.15) is 0 Å². The number of benzene rings is 3. The van der Waals surface area contributed by atoms with Gasteiger partial charge in [-0.25, -0.2) is 8.42 Å². The van der Waals surface area contributed by atoms with Crippen LogP contribution >= 0.6 is 0 Å². The maximum absolute atomic E-state index is 13.3. The average Bonchev–Trinajstić information content (AvgIpc) is 3.10. The molecule has 1 aromatic heterocycles. The summed E-state index contributed by atoms with van der Waals surface area (Å²) in [5, 5.41) is 3.57. The average molecular weight is 433 g/mol. The Kier molecular flexibility index (Phi) is 5.41. The number of hydrogen-bond donors (Lipinski definition) is 1. The molecule has 5 nitrogen and oxygen atoms in total. The van der Waals surface area contributed by atoms with Crippen LogP contribution in [0.4, 0.5) is 5.69 Å². The van der Waals surface area contributed by atoms with Crippen LogP contribution in [0.15, 0.2) is 82.7 Å². The normalized spacial score (nSPS) is 11.6. The number of aryl methyl sites for hydroxylation is 3. The largest absolute Gasteiger partial charge is 0.337 e. The number of rotatable bonds is 5. The third-order valence-corrected chi connectivity index (χ3v) is 7.23. The van der Waals surface area contributed by atoms with E-state index in [0.717, 1.165) is 22.4 Å². The first-order valence-electron chi connectivity index (χ1n) is 10.0. The number of sulfone groups is 1.